The van der Waals surface area contributed by atoms with E-state index in [1.165, 1.54) is 0 Å². The summed E-state index contributed by atoms with van der Waals surface area (Å²) in [7, 11) is 0. The highest BCUT2D eigenvalue weighted by Crippen LogP contribution is 2.62. The molecule has 18 heavy (non-hydrogen) atoms. The molecule has 0 spiro atoms. The molecule has 2 aliphatic rings. The Bertz CT molecular complexity index is 416. The standard InChI is InChI=1S/C13H19N3O2/c1-9-2-15-10(3-14-9)4-16-5-11-12(6-16)13(11,7-17)8-18/h2-3,11-12,17-18H,4-8H2,1H3. The summed E-state index contributed by atoms with van der Waals surface area (Å²) in [5.41, 5.74) is 1.72. The van der Waals surface area contributed by atoms with Crippen LogP contribution in [0.3, 0.4) is 0 Å². The summed E-state index contributed by atoms with van der Waals surface area (Å²) in [6.45, 7) is 4.85. The van der Waals surface area contributed by atoms with Crippen molar-refractivity contribution in [3.8, 4) is 0 Å². The number of aliphatic hydroxyl groups excluding tert-OH is 2. The molecule has 1 aromatic rings. The highest BCUT2D eigenvalue weighted by atomic mass is 16.3. The predicted octanol–water partition coefficient (Wildman–Crippen LogP) is -0.182. The fraction of sp³-hybridized carbons (Fsp3) is 0.692. The predicted molar refractivity (Wildman–Crippen MR) is 65.6 cm³/mol. The van der Waals surface area contributed by atoms with Crippen LogP contribution in [0.2, 0.25) is 0 Å². The first-order valence-corrected chi connectivity index (χ1v) is 6.41. The normalized spacial score (nSPS) is 29.3. The van der Waals surface area contributed by atoms with E-state index in [9.17, 15) is 10.2 Å². The Morgan fingerprint density at radius 3 is 2.39 bits per heavy atom. The maximum absolute atomic E-state index is 9.37. The quantitative estimate of drug-likeness (QED) is 0.774. The van der Waals surface area contributed by atoms with Crippen molar-refractivity contribution >= 4 is 0 Å². The summed E-state index contributed by atoms with van der Waals surface area (Å²) < 4.78 is 0. The van der Waals surface area contributed by atoms with Crippen LogP contribution < -0.4 is 0 Å². The van der Waals surface area contributed by atoms with Gasteiger partial charge in [0.1, 0.15) is 0 Å². The summed E-state index contributed by atoms with van der Waals surface area (Å²) in [6, 6.07) is 0. The number of rotatable bonds is 4. The van der Waals surface area contributed by atoms with Gasteiger partial charge in [-0.2, -0.15) is 0 Å². The molecule has 2 heterocycles. The van der Waals surface area contributed by atoms with Crippen LogP contribution >= 0.6 is 0 Å². The van der Waals surface area contributed by atoms with E-state index in [1.54, 1.807) is 6.20 Å². The maximum atomic E-state index is 9.37. The topological polar surface area (TPSA) is 69.5 Å². The molecule has 5 heteroatoms. The van der Waals surface area contributed by atoms with E-state index in [0.29, 0.717) is 11.8 Å². The van der Waals surface area contributed by atoms with E-state index in [4.69, 9.17) is 0 Å². The Morgan fingerprint density at radius 1 is 1.22 bits per heavy atom. The molecule has 0 bridgehead atoms. The molecule has 0 radical (unpaired) electrons. The second-order valence-corrected chi connectivity index (χ2v) is 5.61. The average molecular weight is 249 g/mol. The van der Waals surface area contributed by atoms with Crippen molar-refractivity contribution in [3.63, 3.8) is 0 Å². The summed E-state index contributed by atoms with van der Waals surface area (Å²) in [5.74, 6) is 0.900. The zero-order valence-electron chi connectivity index (χ0n) is 10.6. The van der Waals surface area contributed by atoms with Crippen molar-refractivity contribution in [1.29, 1.82) is 0 Å². The lowest BCUT2D eigenvalue weighted by atomic mass is 10.0. The van der Waals surface area contributed by atoms with E-state index in [-0.39, 0.29) is 18.6 Å². The monoisotopic (exact) mass is 249 g/mol. The first-order valence-electron chi connectivity index (χ1n) is 6.41. The minimum absolute atomic E-state index is 0.108. The zero-order valence-corrected chi connectivity index (χ0v) is 10.6. The molecule has 1 saturated heterocycles. The number of aromatic nitrogens is 2. The van der Waals surface area contributed by atoms with Gasteiger partial charge < -0.3 is 10.2 Å². The third-order valence-electron chi connectivity index (χ3n) is 4.57. The summed E-state index contributed by atoms with van der Waals surface area (Å²) in [6.07, 6.45) is 3.61. The van der Waals surface area contributed by atoms with Crippen molar-refractivity contribution in [2.75, 3.05) is 26.3 Å². The van der Waals surface area contributed by atoms with Crippen molar-refractivity contribution in [2.45, 2.75) is 13.5 Å². The fourth-order valence-corrected chi connectivity index (χ4v) is 3.30. The van der Waals surface area contributed by atoms with E-state index in [2.05, 4.69) is 14.9 Å². The van der Waals surface area contributed by atoms with Gasteiger partial charge in [0.2, 0.25) is 0 Å². The summed E-state index contributed by atoms with van der Waals surface area (Å²) in [4.78, 5) is 10.9. The summed E-state index contributed by atoms with van der Waals surface area (Å²) >= 11 is 0. The Hall–Kier alpha value is -1.04. The minimum atomic E-state index is -0.199. The van der Waals surface area contributed by atoms with Crippen LogP contribution in [0.4, 0.5) is 0 Å². The lowest BCUT2D eigenvalue weighted by Crippen LogP contribution is -2.31. The molecule has 2 unspecified atom stereocenters. The molecule has 2 atom stereocenters. The van der Waals surface area contributed by atoms with Crippen molar-refractivity contribution in [3.05, 3.63) is 23.8 Å². The number of fused-ring (bicyclic) bond motifs is 1. The number of aryl methyl sites for hydroxylation is 1. The Morgan fingerprint density at radius 2 is 1.89 bits per heavy atom. The van der Waals surface area contributed by atoms with Gasteiger partial charge in [0.05, 0.1) is 24.6 Å². The molecule has 2 fully saturated rings. The van der Waals surface area contributed by atoms with E-state index in [0.717, 1.165) is 31.0 Å². The van der Waals surface area contributed by atoms with Crippen molar-refractivity contribution in [1.82, 2.24) is 14.9 Å². The second-order valence-electron chi connectivity index (χ2n) is 5.61. The van der Waals surface area contributed by atoms with Crippen molar-refractivity contribution in [2.24, 2.45) is 17.3 Å². The lowest BCUT2D eigenvalue weighted by molar-refractivity contribution is 0.0866. The summed E-state index contributed by atoms with van der Waals surface area (Å²) in [5, 5.41) is 18.7. The number of piperidine rings is 1. The van der Waals surface area contributed by atoms with Gasteiger partial charge in [-0.3, -0.25) is 14.9 Å². The molecule has 3 rings (SSSR count). The van der Waals surface area contributed by atoms with E-state index >= 15 is 0 Å². The molecule has 1 aliphatic carbocycles. The molecule has 5 nitrogen and oxygen atoms in total. The van der Waals surface area contributed by atoms with E-state index < -0.39 is 0 Å². The third kappa shape index (κ3) is 1.74. The molecule has 1 aliphatic heterocycles. The first-order chi connectivity index (χ1) is 8.69. The highest BCUT2D eigenvalue weighted by molar-refractivity contribution is 5.16. The molecule has 2 N–H and O–H groups in total. The maximum Gasteiger partial charge on any atom is 0.0727 e. The van der Waals surface area contributed by atoms with Gasteiger partial charge in [0.25, 0.3) is 0 Å². The zero-order chi connectivity index (χ0) is 12.8. The molecule has 98 valence electrons. The van der Waals surface area contributed by atoms with Crippen LogP contribution in [-0.2, 0) is 6.54 Å². The number of hydrogen-bond acceptors (Lipinski definition) is 5. The van der Waals surface area contributed by atoms with Crippen molar-refractivity contribution < 1.29 is 10.2 Å². The largest absolute Gasteiger partial charge is 0.396 e. The molecule has 1 saturated carbocycles. The minimum Gasteiger partial charge on any atom is -0.396 e. The average Bonchev–Trinajstić information content (AvgIpc) is 2.76. The Labute approximate surface area is 106 Å². The SMILES string of the molecule is Cc1cnc(CN2CC3C(C2)C3(CO)CO)cn1. The first kappa shape index (κ1) is 12.0. The van der Waals surface area contributed by atoms with Gasteiger partial charge in [0, 0.05) is 37.4 Å². The van der Waals surface area contributed by atoms with Crippen LogP contribution in [0.5, 0.6) is 0 Å². The molecule has 0 aromatic carbocycles. The second kappa shape index (κ2) is 4.26. The molecular formula is C13H19N3O2. The molecular weight excluding hydrogens is 230 g/mol. The van der Waals surface area contributed by atoms with Gasteiger partial charge in [-0.1, -0.05) is 0 Å². The number of hydrogen-bond donors (Lipinski definition) is 2. The third-order valence-corrected chi connectivity index (χ3v) is 4.57. The van der Waals surface area contributed by atoms with Gasteiger partial charge in [0.15, 0.2) is 0 Å². The van der Waals surface area contributed by atoms with Crippen LogP contribution in [0, 0.1) is 24.2 Å². The number of likely N-dealkylation sites (tertiary alicyclic amines) is 1. The van der Waals surface area contributed by atoms with Gasteiger partial charge in [-0.25, -0.2) is 0 Å². The van der Waals surface area contributed by atoms with Crippen LogP contribution in [-0.4, -0.2) is 51.4 Å². The highest BCUT2D eigenvalue weighted by Gasteiger charge is 2.67. The molecule has 0 amide bonds. The van der Waals surface area contributed by atoms with Crippen LogP contribution in [0.15, 0.2) is 12.4 Å². The van der Waals surface area contributed by atoms with Gasteiger partial charge in [-0.15, -0.1) is 0 Å². The Kier molecular flexibility index (Phi) is 2.84. The van der Waals surface area contributed by atoms with E-state index in [1.807, 2.05) is 13.1 Å². The smallest absolute Gasteiger partial charge is 0.0727 e. The van der Waals surface area contributed by atoms with Gasteiger partial charge in [-0.05, 0) is 18.8 Å². The fourth-order valence-electron chi connectivity index (χ4n) is 3.30. The van der Waals surface area contributed by atoms with Crippen LogP contribution in [0.25, 0.3) is 0 Å². The number of aliphatic hydroxyl groups is 2. The molecule has 1 aromatic heterocycles. The lowest BCUT2D eigenvalue weighted by Gasteiger charge is -2.23. The number of nitrogens with zero attached hydrogens (tertiary/aromatic N) is 3. The van der Waals surface area contributed by atoms with Gasteiger partial charge >= 0.3 is 0 Å². The van der Waals surface area contributed by atoms with Crippen LogP contribution in [0.1, 0.15) is 11.4 Å². The Balaban J connectivity index is 1.58.